The number of nitrogens with two attached hydrogens (primary N) is 1. The molecule has 0 spiro atoms. The second-order valence-corrected chi connectivity index (χ2v) is 4.89. The highest BCUT2D eigenvalue weighted by Gasteiger charge is 2.31. The van der Waals surface area contributed by atoms with Gasteiger partial charge in [-0.2, -0.15) is 0 Å². The van der Waals surface area contributed by atoms with Gasteiger partial charge >= 0.3 is 5.97 Å². The van der Waals surface area contributed by atoms with Crippen molar-refractivity contribution < 1.29 is 14.7 Å². The zero-order chi connectivity index (χ0) is 12.3. The number of carbonyl (C=O) groups is 2. The summed E-state index contributed by atoms with van der Waals surface area (Å²) in [5.74, 6) is -1.59. The lowest BCUT2D eigenvalue weighted by atomic mass is 10.1. The fourth-order valence-electron chi connectivity index (χ4n) is 1.04. The molecule has 0 radical (unpaired) electrons. The molecule has 1 heterocycles. The van der Waals surface area contributed by atoms with Crippen molar-refractivity contribution in [2.45, 2.75) is 25.4 Å². The Bertz CT molecular complexity index is 387. The van der Waals surface area contributed by atoms with Gasteiger partial charge < -0.3 is 16.2 Å². The number of amides is 1. The van der Waals surface area contributed by atoms with Gasteiger partial charge in [-0.1, -0.05) is 6.07 Å². The molecule has 1 rings (SSSR count). The Kier molecular flexibility index (Phi) is 3.66. The van der Waals surface area contributed by atoms with Crippen molar-refractivity contribution in [1.82, 2.24) is 5.32 Å². The third-order valence-electron chi connectivity index (χ3n) is 2.10. The maximum absolute atomic E-state index is 11.7. The molecule has 4 N–H and O–H groups in total. The van der Waals surface area contributed by atoms with Gasteiger partial charge in [0.15, 0.2) is 0 Å². The molecule has 0 aromatic carbocycles. The second-order valence-electron chi connectivity index (χ2n) is 3.91. The van der Waals surface area contributed by atoms with Crippen LogP contribution in [0.15, 0.2) is 17.5 Å². The lowest BCUT2D eigenvalue weighted by Crippen LogP contribution is -2.52. The van der Waals surface area contributed by atoms with E-state index in [4.69, 9.17) is 10.8 Å². The van der Waals surface area contributed by atoms with Crippen LogP contribution in [-0.2, 0) is 9.59 Å². The average Bonchev–Trinajstić information content (AvgIpc) is 2.68. The standard InChI is InChI=1S/C10H14N2O3S/c1-10(2,9(14)15)12-8(13)7(11)6-4-3-5-16-6/h3-5,7H,11H2,1-2H3,(H,12,13)(H,14,15). The van der Waals surface area contributed by atoms with Crippen molar-refractivity contribution in [2.24, 2.45) is 5.73 Å². The molecule has 0 aliphatic heterocycles. The van der Waals surface area contributed by atoms with Crippen LogP contribution < -0.4 is 11.1 Å². The summed E-state index contributed by atoms with van der Waals surface area (Å²) in [5, 5.41) is 13.0. The molecule has 1 aromatic heterocycles. The maximum Gasteiger partial charge on any atom is 0.328 e. The van der Waals surface area contributed by atoms with E-state index in [9.17, 15) is 9.59 Å². The normalized spacial score (nSPS) is 13.2. The maximum atomic E-state index is 11.7. The fraction of sp³-hybridized carbons (Fsp3) is 0.400. The van der Waals surface area contributed by atoms with Crippen LogP contribution in [0.2, 0.25) is 0 Å². The minimum absolute atomic E-state index is 0.491. The first-order valence-electron chi connectivity index (χ1n) is 4.69. The molecule has 0 aliphatic carbocycles. The van der Waals surface area contributed by atoms with Crippen molar-refractivity contribution in [3.8, 4) is 0 Å². The third kappa shape index (κ3) is 2.80. The van der Waals surface area contributed by atoms with Gasteiger partial charge in [-0.25, -0.2) is 4.79 Å². The summed E-state index contributed by atoms with van der Waals surface area (Å²) in [5.41, 5.74) is 4.38. The van der Waals surface area contributed by atoms with Crippen LogP contribution in [0.4, 0.5) is 0 Å². The molecule has 5 nitrogen and oxygen atoms in total. The van der Waals surface area contributed by atoms with Crippen LogP contribution in [-0.4, -0.2) is 22.5 Å². The molecular formula is C10H14N2O3S. The molecule has 0 bridgehead atoms. The largest absolute Gasteiger partial charge is 0.480 e. The molecule has 1 amide bonds. The second kappa shape index (κ2) is 4.63. The summed E-state index contributed by atoms with van der Waals surface area (Å²) in [4.78, 5) is 23.2. The van der Waals surface area contributed by atoms with E-state index >= 15 is 0 Å². The van der Waals surface area contributed by atoms with E-state index in [0.717, 1.165) is 0 Å². The Morgan fingerprint density at radius 3 is 2.62 bits per heavy atom. The first-order chi connectivity index (χ1) is 7.34. The molecule has 16 heavy (non-hydrogen) atoms. The van der Waals surface area contributed by atoms with E-state index in [0.29, 0.717) is 4.88 Å². The van der Waals surface area contributed by atoms with E-state index in [-0.39, 0.29) is 0 Å². The Morgan fingerprint density at radius 2 is 2.19 bits per heavy atom. The van der Waals surface area contributed by atoms with Gasteiger partial charge in [0.25, 0.3) is 0 Å². The van der Waals surface area contributed by atoms with E-state index in [2.05, 4.69) is 5.32 Å². The Labute approximate surface area is 97.3 Å². The van der Waals surface area contributed by atoms with Crippen LogP contribution in [0.3, 0.4) is 0 Å². The number of thiophene rings is 1. The SMILES string of the molecule is CC(C)(NC(=O)C(N)c1cccs1)C(=O)O. The number of carbonyl (C=O) groups excluding carboxylic acids is 1. The number of hydrogen-bond donors (Lipinski definition) is 3. The summed E-state index contributed by atoms with van der Waals surface area (Å²) in [7, 11) is 0. The lowest BCUT2D eigenvalue weighted by Gasteiger charge is -2.22. The summed E-state index contributed by atoms with van der Waals surface area (Å²) < 4.78 is 0. The van der Waals surface area contributed by atoms with Crippen LogP contribution in [0.1, 0.15) is 24.8 Å². The molecular weight excluding hydrogens is 228 g/mol. The topological polar surface area (TPSA) is 92.4 Å². The number of hydrogen-bond acceptors (Lipinski definition) is 4. The van der Waals surface area contributed by atoms with Crippen LogP contribution in [0.5, 0.6) is 0 Å². The summed E-state index contributed by atoms with van der Waals surface area (Å²) in [6.07, 6.45) is 0. The Morgan fingerprint density at radius 1 is 1.56 bits per heavy atom. The van der Waals surface area contributed by atoms with E-state index in [1.807, 2.05) is 5.38 Å². The van der Waals surface area contributed by atoms with Gasteiger partial charge in [0, 0.05) is 4.88 Å². The molecule has 0 aliphatic rings. The minimum atomic E-state index is -1.31. The first kappa shape index (κ1) is 12.7. The van der Waals surface area contributed by atoms with E-state index < -0.39 is 23.5 Å². The smallest absolute Gasteiger partial charge is 0.328 e. The number of rotatable bonds is 4. The van der Waals surface area contributed by atoms with Crippen LogP contribution >= 0.6 is 11.3 Å². The van der Waals surface area contributed by atoms with Gasteiger partial charge in [0.2, 0.25) is 5.91 Å². The molecule has 1 atom stereocenters. The molecule has 0 fully saturated rings. The predicted molar refractivity (Wildman–Crippen MR) is 61.1 cm³/mol. The molecule has 1 unspecified atom stereocenters. The van der Waals surface area contributed by atoms with Crippen molar-refractivity contribution in [3.63, 3.8) is 0 Å². The number of nitrogens with one attached hydrogen (secondary N) is 1. The first-order valence-corrected chi connectivity index (χ1v) is 5.57. The molecule has 0 saturated heterocycles. The number of carboxylic acids is 1. The summed E-state index contributed by atoms with van der Waals surface area (Å²) >= 11 is 1.36. The molecule has 6 heteroatoms. The highest BCUT2D eigenvalue weighted by atomic mass is 32.1. The van der Waals surface area contributed by atoms with Crippen molar-refractivity contribution in [2.75, 3.05) is 0 Å². The quantitative estimate of drug-likeness (QED) is 0.725. The number of carboxylic acid groups (broad SMARTS) is 1. The monoisotopic (exact) mass is 242 g/mol. The predicted octanol–water partition coefficient (Wildman–Crippen LogP) is 0.727. The van der Waals surface area contributed by atoms with Gasteiger partial charge in [0.1, 0.15) is 11.6 Å². The van der Waals surface area contributed by atoms with Crippen molar-refractivity contribution in [3.05, 3.63) is 22.4 Å². The van der Waals surface area contributed by atoms with Crippen LogP contribution in [0, 0.1) is 0 Å². The summed E-state index contributed by atoms with van der Waals surface area (Å²) in [6.45, 7) is 2.82. The minimum Gasteiger partial charge on any atom is -0.480 e. The average molecular weight is 242 g/mol. The number of aliphatic carboxylic acids is 1. The third-order valence-corrected chi connectivity index (χ3v) is 3.06. The zero-order valence-electron chi connectivity index (χ0n) is 9.06. The summed E-state index contributed by atoms with van der Waals surface area (Å²) in [6, 6.07) is 2.71. The van der Waals surface area contributed by atoms with E-state index in [1.54, 1.807) is 12.1 Å². The van der Waals surface area contributed by atoms with Crippen molar-refractivity contribution in [1.29, 1.82) is 0 Å². The van der Waals surface area contributed by atoms with Gasteiger partial charge in [-0.05, 0) is 25.3 Å². The zero-order valence-corrected chi connectivity index (χ0v) is 9.88. The molecule has 1 aromatic rings. The highest BCUT2D eigenvalue weighted by molar-refractivity contribution is 7.10. The molecule has 88 valence electrons. The van der Waals surface area contributed by atoms with Gasteiger partial charge in [-0.15, -0.1) is 11.3 Å². The Hall–Kier alpha value is -1.40. The van der Waals surface area contributed by atoms with Gasteiger partial charge in [-0.3, -0.25) is 4.79 Å². The van der Waals surface area contributed by atoms with E-state index in [1.165, 1.54) is 25.2 Å². The molecule has 0 saturated carbocycles. The fourth-order valence-corrected chi connectivity index (χ4v) is 1.76. The highest BCUT2D eigenvalue weighted by Crippen LogP contribution is 2.17. The lowest BCUT2D eigenvalue weighted by molar-refractivity contribution is -0.146. The Balaban J connectivity index is 2.70. The van der Waals surface area contributed by atoms with Crippen molar-refractivity contribution >= 4 is 23.2 Å². The van der Waals surface area contributed by atoms with Crippen LogP contribution in [0.25, 0.3) is 0 Å². The van der Waals surface area contributed by atoms with Gasteiger partial charge in [0.05, 0.1) is 0 Å².